The summed E-state index contributed by atoms with van der Waals surface area (Å²) in [5.41, 5.74) is -0.297. The maximum Gasteiger partial charge on any atom is 0.341 e. The van der Waals surface area contributed by atoms with E-state index in [2.05, 4.69) is 5.32 Å². The molecule has 114 valence electrons. The Balaban J connectivity index is 2.01. The van der Waals surface area contributed by atoms with Crippen LogP contribution in [-0.4, -0.2) is 18.0 Å². The van der Waals surface area contributed by atoms with E-state index >= 15 is 0 Å². The second-order valence-corrected chi connectivity index (χ2v) is 4.50. The summed E-state index contributed by atoms with van der Waals surface area (Å²) in [7, 11) is 0. The zero-order valence-corrected chi connectivity index (χ0v) is 11.7. The van der Waals surface area contributed by atoms with Gasteiger partial charge in [-0.1, -0.05) is 24.3 Å². The van der Waals surface area contributed by atoms with E-state index in [0.717, 1.165) is 6.07 Å². The number of esters is 1. The van der Waals surface area contributed by atoms with Crippen LogP contribution in [0.3, 0.4) is 0 Å². The Hall–Kier alpha value is -2.76. The summed E-state index contributed by atoms with van der Waals surface area (Å²) in [5, 5.41) is 2.30. The van der Waals surface area contributed by atoms with Crippen LogP contribution in [0.25, 0.3) is 0 Å². The largest absolute Gasteiger partial charge is 0.449 e. The SMILES string of the molecule is C[C@H](OC(=O)c1ccccc1F)C(=O)Nc1ccccc1F. The van der Waals surface area contributed by atoms with Gasteiger partial charge in [0.25, 0.3) is 5.91 Å². The summed E-state index contributed by atoms with van der Waals surface area (Å²) in [4.78, 5) is 23.7. The van der Waals surface area contributed by atoms with Gasteiger partial charge < -0.3 is 10.1 Å². The van der Waals surface area contributed by atoms with Crippen LogP contribution in [0, 0.1) is 11.6 Å². The molecule has 0 spiro atoms. The lowest BCUT2D eigenvalue weighted by Crippen LogP contribution is -2.30. The van der Waals surface area contributed by atoms with Crippen LogP contribution < -0.4 is 5.32 Å². The fraction of sp³-hybridized carbons (Fsp3) is 0.125. The van der Waals surface area contributed by atoms with Gasteiger partial charge in [-0.2, -0.15) is 0 Å². The molecule has 22 heavy (non-hydrogen) atoms. The lowest BCUT2D eigenvalue weighted by Gasteiger charge is -2.14. The van der Waals surface area contributed by atoms with Gasteiger partial charge in [-0.25, -0.2) is 13.6 Å². The first kappa shape index (κ1) is 15.6. The highest BCUT2D eigenvalue weighted by molar-refractivity contribution is 5.97. The Morgan fingerprint density at radius 3 is 2.23 bits per heavy atom. The van der Waals surface area contributed by atoms with Gasteiger partial charge in [0, 0.05) is 0 Å². The molecule has 2 aromatic carbocycles. The summed E-state index contributed by atoms with van der Waals surface area (Å²) in [6.07, 6.45) is -1.20. The summed E-state index contributed by atoms with van der Waals surface area (Å²) in [6, 6.07) is 10.9. The molecule has 1 N–H and O–H groups in total. The first-order chi connectivity index (χ1) is 10.5. The Kier molecular flexibility index (Phi) is 4.83. The smallest absolute Gasteiger partial charge is 0.341 e. The molecule has 0 aliphatic carbocycles. The van der Waals surface area contributed by atoms with Crippen molar-refractivity contribution >= 4 is 17.6 Å². The first-order valence-corrected chi connectivity index (χ1v) is 6.50. The average molecular weight is 305 g/mol. The topological polar surface area (TPSA) is 55.4 Å². The van der Waals surface area contributed by atoms with E-state index in [1.54, 1.807) is 6.07 Å². The Morgan fingerprint density at radius 1 is 1.00 bits per heavy atom. The molecule has 0 saturated heterocycles. The molecule has 0 unspecified atom stereocenters. The molecule has 6 heteroatoms. The van der Waals surface area contributed by atoms with Crippen LogP contribution in [0.5, 0.6) is 0 Å². The van der Waals surface area contributed by atoms with Crippen molar-refractivity contribution in [1.82, 2.24) is 0 Å². The number of halogens is 2. The number of para-hydroxylation sites is 1. The predicted molar refractivity (Wildman–Crippen MR) is 76.3 cm³/mol. The number of amides is 1. The van der Waals surface area contributed by atoms with E-state index in [1.165, 1.54) is 43.3 Å². The Bertz CT molecular complexity index is 703. The Labute approximate surface area is 125 Å². The molecule has 0 radical (unpaired) electrons. The number of carbonyl (C=O) groups is 2. The fourth-order valence-electron chi connectivity index (χ4n) is 1.70. The van der Waals surface area contributed by atoms with Crippen LogP contribution >= 0.6 is 0 Å². The zero-order valence-electron chi connectivity index (χ0n) is 11.7. The molecule has 0 heterocycles. The van der Waals surface area contributed by atoms with Crippen molar-refractivity contribution in [3.8, 4) is 0 Å². The lowest BCUT2D eigenvalue weighted by molar-refractivity contribution is -0.123. The highest BCUT2D eigenvalue weighted by Crippen LogP contribution is 2.14. The normalized spacial score (nSPS) is 11.6. The third-order valence-corrected chi connectivity index (χ3v) is 2.88. The van der Waals surface area contributed by atoms with Crippen LogP contribution in [0.2, 0.25) is 0 Å². The summed E-state index contributed by atoms with van der Waals surface area (Å²) < 4.78 is 31.7. The molecule has 0 aliphatic heterocycles. The van der Waals surface area contributed by atoms with E-state index in [4.69, 9.17) is 4.74 Å². The van der Waals surface area contributed by atoms with E-state index < -0.39 is 29.6 Å². The second kappa shape index (κ2) is 6.80. The maximum atomic E-state index is 13.4. The van der Waals surface area contributed by atoms with E-state index in [9.17, 15) is 18.4 Å². The number of benzene rings is 2. The molecule has 4 nitrogen and oxygen atoms in total. The van der Waals surface area contributed by atoms with Crippen molar-refractivity contribution in [3.05, 3.63) is 65.7 Å². The van der Waals surface area contributed by atoms with Crippen LogP contribution in [0.4, 0.5) is 14.5 Å². The van der Waals surface area contributed by atoms with Crippen molar-refractivity contribution < 1.29 is 23.1 Å². The number of ether oxygens (including phenoxy) is 1. The van der Waals surface area contributed by atoms with Crippen molar-refractivity contribution in [3.63, 3.8) is 0 Å². The molecule has 1 amide bonds. The molecule has 0 bridgehead atoms. The molecular weight excluding hydrogens is 292 g/mol. The van der Waals surface area contributed by atoms with Crippen LogP contribution in [0.15, 0.2) is 48.5 Å². The minimum atomic E-state index is -1.20. The van der Waals surface area contributed by atoms with Crippen LogP contribution in [0.1, 0.15) is 17.3 Å². The lowest BCUT2D eigenvalue weighted by atomic mass is 10.2. The monoisotopic (exact) mass is 305 g/mol. The van der Waals surface area contributed by atoms with Crippen molar-refractivity contribution in [2.75, 3.05) is 5.32 Å². The van der Waals surface area contributed by atoms with Crippen molar-refractivity contribution in [1.29, 1.82) is 0 Å². The van der Waals surface area contributed by atoms with Gasteiger partial charge in [0.15, 0.2) is 6.10 Å². The molecule has 2 rings (SSSR count). The van der Waals surface area contributed by atoms with Gasteiger partial charge in [-0.15, -0.1) is 0 Å². The van der Waals surface area contributed by atoms with Crippen molar-refractivity contribution in [2.45, 2.75) is 13.0 Å². The van der Waals surface area contributed by atoms with Gasteiger partial charge in [0.2, 0.25) is 0 Å². The molecule has 0 fully saturated rings. The predicted octanol–water partition coefficient (Wildman–Crippen LogP) is 3.15. The van der Waals surface area contributed by atoms with Gasteiger partial charge in [0.1, 0.15) is 11.6 Å². The van der Waals surface area contributed by atoms with E-state index in [-0.39, 0.29) is 11.3 Å². The van der Waals surface area contributed by atoms with Gasteiger partial charge in [-0.3, -0.25) is 4.79 Å². The molecular formula is C16H13F2NO3. The highest BCUT2D eigenvalue weighted by Gasteiger charge is 2.21. The number of hydrogen-bond acceptors (Lipinski definition) is 3. The minimum Gasteiger partial charge on any atom is -0.449 e. The third kappa shape index (κ3) is 3.66. The number of rotatable bonds is 4. The van der Waals surface area contributed by atoms with Gasteiger partial charge in [0.05, 0.1) is 11.3 Å². The third-order valence-electron chi connectivity index (χ3n) is 2.88. The first-order valence-electron chi connectivity index (χ1n) is 6.50. The summed E-state index contributed by atoms with van der Waals surface area (Å²) >= 11 is 0. The summed E-state index contributed by atoms with van der Waals surface area (Å²) in [5.74, 6) is -3.03. The van der Waals surface area contributed by atoms with E-state index in [0.29, 0.717) is 0 Å². The molecule has 1 atom stereocenters. The fourth-order valence-corrected chi connectivity index (χ4v) is 1.70. The number of anilines is 1. The molecule has 0 aliphatic rings. The molecule has 0 aromatic heterocycles. The number of carbonyl (C=O) groups excluding carboxylic acids is 2. The highest BCUT2D eigenvalue weighted by atomic mass is 19.1. The average Bonchev–Trinajstić information content (AvgIpc) is 2.49. The maximum absolute atomic E-state index is 13.4. The summed E-state index contributed by atoms with van der Waals surface area (Å²) in [6.45, 7) is 1.31. The molecule has 0 saturated carbocycles. The van der Waals surface area contributed by atoms with Gasteiger partial charge in [-0.05, 0) is 31.2 Å². The Morgan fingerprint density at radius 2 is 1.59 bits per heavy atom. The zero-order chi connectivity index (χ0) is 16.1. The number of nitrogens with one attached hydrogen (secondary N) is 1. The quantitative estimate of drug-likeness (QED) is 0.883. The van der Waals surface area contributed by atoms with Gasteiger partial charge >= 0.3 is 5.97 Å². The number of hydrogen-bond donors (Lipinski definition) is 1. The van der Waals surface area contributed by atoms with Crippen LogP contribution in [-0.2, 0) is 9.53 Å². The van der Waals surface area contributed by atoms with Crippen molar-refractivity contribution in [2.24, 2.45) is 0 Å². The second-order valence-electron chi connectivity index (χ2n) is 4.50. The van der Waals surface area contributed by atoms with E-state index in [1.807, 2.05) is 0 Å². The standard InChI is InChI=1S/C16H13F2NO3/c1-10(15(20)19-14-9-5-4-8-13(14)18)22-16(21)11-6-2-3-7-12(11)17/h2-10H,1H3,(H,19,20)/t10-/m0/s1. The minimum absolute atomic E-state index is 0.0266. The molecule has 2 aromatic rings.